The quantitative estimate of drug-likeness (QED) is 0.812. The maximum absolute atomic E-state index is 8.66. The van der Waals surface area contributed by atoms with E-state index >= 15 is 0 Å². The fourth-order valence-corrected chi connectivity index (χ4v) is 3.60. The Balaban J connectivity index is 2.58. The first kappa shape index (κ1) is 15.6. The first-order chi connectivity index (χ1) is 8.71. The number of aliphatic hydroxyl groups excluding tert-OH is 1. The zero-order valence-corrected chi connectivity index (χ0v) is 12.9. The number of rotatable bonds is 6. The van der Waals surface area contributed by atoms with Gasteiger partial charge in [-0.1, -0.05) is 18.8 Å². The minimum Gasteiger partial charge on any atom is -0.384 e. The molecule has 100 valence electrons. The van der Waals surface area contributed by atoms with Gasteiger partial charge in [-0.15, -0.1) is 11.3 Å². The largest absolute Gasteiger partial charge is 0.384 e. The summed E-state index contributed by atoms with van der Waals surface area (Å²) < 4.78 is 0. The Morgan fingerprint density at radius 3 is 2.89 bits per heavy atom. The lowest BCUT2D eigenvalue weighted by Crippen LogP contribution is -2.32. The van der Waals surface area contributed by atoms with Crippen LogP contribution >= 0.6 is 23.1 Å². The fraction of sp³-hybridized carbons (Fsp3) is 0.571. The van der Waals surface area contributed by atoms with Gasteiger partial charge in [0.25, 0.3) is 0 Å². The smallest absolute Gasteiger partial charge is 0.104 e. The molecule has 1 aromatic heterocycles. The van der Waals surface area contributed by atoms with Crippen LogP contribution in [0.1, 0.15) is 23.1 Å². The molecule has 1 rings (SSSR count). The molecular formula is C14H21NOS2. The molecule has 1 aromatic rings. The average Bonchev–Trinajstić information content (AvgIpc) is 2.80. The second-order valence-corrected chi connectivity index (χ2v) is 6.24. The number of thiophene rings is 1. The number of thioether (sulfide) groups is 1. The third-order valence-corrected chi connectivity index (χ3v) is 4.51. The molecule has 0 spiro atoms. The third kappa shape index (κ3) is 5.03. The van der Waals surface area contributed by atoms with E-state index in [1.807, 2.05) is 17.8 Å². The van der Waals surface area contributed by atoms with Crippen molar-refractivity contribution in [1.82, 2.24) is 4.90 Å². The molecule has 0 saturated carbocycles. The highest BCUT2D eigenvalue weighted by molar-refractivity contribution is 7.98. The highest BCUT2D eigenvalue weighted by Crippen LogP contribution is 2.19. The van der Waals surface area contributed by atoms with Crippen LogP contribution in [0.4, 0.5) is 0 Å². The Morgan fingerprint density at radius 1 is 1.50 bits per heavy atom. The van der Waals surface area contributed by atoms with E-state index in [0.717, 1.165) is 11.4 Å². The molecule has 0 saturated heterocycles. The Kier molecular flexibility index (Phi) is 7.45. The minimum atomic E-state index is -0.0707. The van der Waals surface area contributed by atoms with E-state index in [0.29, 0.717) is 6.04 Å². The molecule has 0 aliphatic heterocycles. The van der Waals surface area contributed by atoms with Crippen molar-refractivity contribution >= 4 is 23.1 Å². The van der Waals surface area contributed by atoms with Crippen LogP contribution in [0.3, 0.4) is 0 Å². The summed E-state index contributed by atoms with van der Waals surface area (Å²) in [6.07, 6.45) is 3.34. The highest BCUT2D eigenvalue weighted by Gasteiger charge is 2.13. The van der Waals surface area contributed by atoms with Gasteiger partial charge in [0.15, 0.2) is 0 Å². The number of aliphatic hydroxyl groups is 1. The summed E-state index contributed by atoms with van der Waals surface area (Å²) >= 11 is 3.62. The Bertz CT molecular complexity index is 405. The van der Waals surface area contributed by atoms with Gasteiger partial charge in [-0.3, -0.25) is 4.90 Å². The molecule has 0 fully saturated rings. The zero-order valence-electron chi connectivity index (χ0n) is 11.3. The molecule has 1 atom stereocenters. The van der Waals surface area contributed by atoms with E-state index in [-0.39, 0.29) is 6.61 Å². The SMILES string of the molecule is CCC(CSC)N(C)Cc1ccc(C#CCO)s1. The van der Waals surface area contributed by atoms with Crippen LogP contribution in [0.25, 0.3) is 0 Å². The van der Waals surface area contributed by atoms with Crippen molar-refractivity contribution < 1.29 is 5.11 Å². The van der Waals surface area contributed by atoms with Gasteiger partial charge in [-0.2, -0.15) is 11.8 Å². The van der Waals surface area contributed by atoms with Gasteiger partial charge >= 0.3 is 0 Å². The molecule has 1 heterocycles. The monoisotopic (exact) mass is 283 g/mol. The van der Waals surface area contributed by atoms with Crippen molar-refractivity contribution in [2.75, 3.05) is 25.7 Å². The first-order valence-corrected chi connectivity index (χ1v) is 8.29. The summed E-state index contributed by atoms with van der Waals surface area (Å²) in [5.41, 5.74) is 0. The Labute approximate surface area is 118 Å². The van der Waals surface area contributed by atoms with Crippen LogP contribution in [0.15, 0.2) is 12.1 Å². The summed E-state index contributed by atoms with van der Waals surface area (Å²) in [5, 5.41) is 8.66. The third-order valence-electron chi connectivity index (χ3n) is 2.81. The molecule has 0 bridgehead atoms. The minimum absolute atomic E-state index is 0.0707. The van der Waals surface area contributed by atoms with Crippen molar-refractivity contribution in [1.29, 1.82) is 0 Å². The second kappa shape index (κ2) is 8.60. The molecule has 1 N–H and O–H groups in total. The molecule has 0 aliphatic carbocycles. The molecule has 0 aliphatic rings. The van der Waals surface area contributed by atoms with Crippen molar-refractivity contribution in [3.05, 3.63) is 21.9 Å². The van der Waals surface area contributed by atoms with Crippen LogP contribution in [0, 0.1) is 11.8 Å². The van der Waals surface area contributed by atoms with E-state index in [4.69, 9.17) is 5.11 Å². The number of nitrogens with zero attached hydrogens (tertiary/aromatic N) is 1. The molecular weight excluding hydrogens is 262 g/mol. The van der Waals surface area contributed by atoms with Crippen LogP contribution in [0.2, 0.25) is 0 Å². The van der Waals surface area contributed by atoms with Gasteiger partial charge in [-0.25, -0.2) is 0 Å². The Hall–Kier alpha value is -0.470. The van der Waals surface area contributed by atoms with Gasteiger partial charge < -0.3 is 5.11 Å². The van der Waals surface area contributed by atoms with Crippen LogP contribution < -0.4 is 0 Å². The highest BCUT2D eigenvalue weighted by atomic mass is 32.2. The van der Waals surface area contributed by atoms with Gasteiger partial charge in [-0.05, 0) is 31.9 Å². The Morgan fingerprint density at radius 2 is 2.28 bits per heavy atom. The van der Waals surface area contributed by atoms with Gasteiger partial charge in [0.05, 0.1) is 4.88 Å². The summed E-state index contributed by atoms with van der Waals surface area (Å²) in [7, 11) is 2.18. The fourth-order valence-electron chi connectivity index (χ4n) is 1.78. The number of hydrogen-bond acceptors (Lipinski definition) is 4. The van der Waals surface area contributed by atoms with E-state index in [9.17, 15) is 0 Å². The standard InChI is InChI=1S/C14H21NOS2/c1-4-12(11-17-3)15(2)10-14-8-7-13(18-14)6-5-9-16/h7-8,12,16H,4,9-11H2,1-3H3. The van der Waals surface area contributed by atoms with Gasteiger partial charge in [0.1, 0.15) is 6.61 Å². The van der Waals surface area contributed by atoms with Crippen molar-refractivity contribution in [3.8, 4) is 11.8 Å². The molecule has 0 radical (unpaired) electrons. The van der Waals surface area contributed by atoms with Crippen molar-refractivity contribution in [2.24, 2.45) is 0 Å². The predicted molar refractivity (Wildman–Crippen MR) is 82.2 cm³/mol. The van der Waals surface area contributed by atoms with E-state index in [1.54, 1.807) is 11.3 Å². The predicted octanol–water partition coefficient (Wildman–Crippen LogP) is 2.67. The topological polar surface area (TPSA) is 23.5 Å². The van der Waals surface area contributed by atoms with Gasteiger partial charge in [0.2, 0.25) is 0 Å². The molecule has 0 amide bonds. The van der Waals surface area contributed by atoms with Crippen LogP contribution in [-0.4, -0.2) is 41.7 Å². The van der Waals surface area contributed by atoms with Crippen LogP contribution in [0.5, 0.6) is 0 Å². The maximum atomic E-state index is 8.66. The summed E-state index contributed by atoms with van der Waals surface area (Å²) in [6, 6.07) is 4.80. The summed E-state index contributed by atoms with van der Waals surface area (Å²) in [4.78, 5) is 4.77. The zero-order chi connectivity index (χ0) is 13.4. The maximum Gasteiger partial charge on any atom is 0.104 e. The normalized spacial score (nSPS) is 12.3. The average molecular weight is 283 g/mol. The molecule has 4 heteroatoms. The molecule has 18 heavy (non-hydrogen) atoms. The molecule has 1 unspecified atom stereocenters. The van der Waals surface area contributed by atoms with E-state index < -0.39 is 0 Å². The van der Waals surface area contributed by atoms with Crippen LogP contribution in [-0.2, 0) is 6.54 Å². The lowest BCUT2D eigenvalue weighted by molar-refractivity contribution is 0.250. The molecule has 2 nitrogen and oxygen atoms in total. The first-order valence-electron chi connectivity index (χ1n) is 6.08. The lowest BCUT2D eigenvalue weighted by Gasteiger charge is -2.25. The number of hydrogen-bond donors (Lipinski definition) is 1. The summed E-state index contributed by atoms with van der Waals surface area (Å²) in [5.74, 6) is 6.81. The molecule has 0 aromatic carbocycles. The van der Waals surface area contributed by atoms with Gasteiger partial charge in [0, 0.05) is 23.2 Å². The second-order valence-electron chi connectivity index (χ2n) is 4.16. The van der Waals surface area contributed by atoms with Crippen molar-refractivity contribution in [2.45, 2.75) is 25.9 Å². The lowest BCUT2D eigenvalue weighted by atomic mass is 10.2. The van der Waals surface area contributed by atoms with Crippen molar-refractivity contribution in [3.63, 3.8) is 0 Å². The summed E-state index contributed by atoms with van der Waals surface area (Å²) in [6.45, 7) is 3.15. The van der Waals surface area contributed by atoms with E-state index in [2.05, 4.69) is 43.0 Å². The van der Waals surface area contributed by atoms with E-state index in [1.165, 1.54) is 17.1 Å².